The van der Waals surface area contributed by atoms with E-state index in [0.29, 0.717) is 24.7 Å². The highest BCUT2D eigenvalue weighted by Gasteiger charge is 2.26. The molecule has 1 saturated heterocycles. The van der Waals surface area contributed by atoms with Gasteiger partial charge in [0.05, 0.1) is 13.2 Å². The van der Waals surface area contributed by atoms with Gasteiger partial charge >= 0.3 is 0 Å². The lowest BCUT2D eigenvalue weighted by molar-refractivity contribution is -0.206. The zero-order valence-electron chi connectivity index (χ0n) is 13.8. The molecule has 2 nitrogen and oxygen atoms in total. The van der Waals surface area contributed by atoms with E-state index in [1.807, 2.05) is 0 Å². The Labute approximate surface area is 137 Å². The minimum atomic E-state index is -0.858. The van der Waals surface area contributed by atoms with Crippen LogP contribution in [0.15, 0.2) is 18.2 Å². The Bertz CT molecular complexity index is 504. The van der Waals surface area contributed by atoms with Crippen molar-refractivity contribution in [2.45, 2.75) is 51.7 Å². The molecule has 23 heavy (non-hydrogen) atoms. The maximum atomic E-state index is 13.3. The average molecular weight is 324 g/mol. The molecule has 3 rings (SSSR count). The minimum Gasteiger partial charge on any atom is -0.348 e. The van der Waals surface area contributed by atoms with E-state index in [4.69, 9.17) is 9.47 Å². The van der Waals surface area contributed by atoms with E-state index in [2.05, 4.69) is 6.92 Å². The van der Waals surface area contributed by atoms with Crippen molar-refractivity contribution >= 4 is 0 Å². The monoisotopic (exact) mass is 324 g/mol. The predicted molar refractivity (Wildman–Crippen MR) is 84.8 cm³/mol. The lowest BCUT2D eigenvalue weighted by Gasteiger charge is -2.31. The van der Waals surface area contributed by atoms with Crippen molar-refractivity contribution in [3.05, 3.63) is 35.4 Å². The summed E-state index contributed by atoms with van der Waals surface area (Å²) in [5.74, 6) is 0.461. The van der Waals surface area contributed by atoms with Crippen molar-refractivity contribution in [3.8, 4) is 0 Å². The molecular formula is C19H26F2O2. The van der Waals surface area contributed by atoms with Crippen molar-refractivity contribution < 1.29 is 18.3 Å². The van der Waals surface area contributed by atoms with Crippen LogP contribution in [0.1, 0.15) is 57.3 Å². The van der Waals surface area contributed by atoms with Crippen LogP contribution in [-0.4, -0.2) is 13.2 Å². The SMILES string of the molecule is CC1CCC(CCC2COC(c3ccc(F)c(F)c3)OC2)CC1. The molecule has 0 unspecified atom stereocenters. The molecule has 1 heterocycles. The largest absolute Gasteiger partial charge is 0.348 e. The Balaban J connectivity index is 1.42. The molecule has 1 aliphatic carbocycles. The van der Waals surface area contributed by atoms with Gasteiger partial charge in [-0.15, -0.1) is 0 Å². The van der Waals surface area contributed by atoms with Gasteiger partial charge in [0.15, 0.2) is 17.9 Å². The van der Waals surface area contributed by atoms with E-state index in [0.717, 1.165) is 30.4 Å². The van der Waals surface area contributed by atoms with Gasteiger partial charge in [0, 0.05) is 11.5 Å². The first-order valence-electron chi connectivity index (χ1n) is 8.80. The van der Waals surface area contributed by atoms with Gasteiger partial charge in [-0.3, -0.25) is 0 Å². The number of benzene rings is 1. The third kappa shape index (κ3) is 4.51. The fraction of sp³-hybridized carbons (Fsp3) is 0.684. The Morgan fingerprint density at radius 3 is 2.22 bits per heavy atom. The molecule has 0 atom stereocenters. The van der Waals surface area contributed by atoms with E-state index < -0.39 is 17.9 Å². The van der Waals surface area contributed by atoms with Gasteiger partial charge < -0.3 is 9.47 Å². The molecule has 2 aliphatic rings. The lowest BCUT2D eigenvalue weighted by atomic mass is 9.80. The van der Waals surface area contributed by atoms with Crippen LogP contribution in [0.4, 0.5) is 8.78 Å². The number of rotatable bonds is 4. The van der Waals surface area contributed by atoms with Crippen LogP contribution in [0.5, 0.6) is 0 Å². The third-order valence-corrected chi connectivity index (χ3v) is 5.30. The normalized spacial score (nSPS) is 32.0. The molecular weight excluding hydrogens is 298 g/mol. The summed E-state index contributed by atoms with van der Waals surface area (Å²) in [5.41, 5.74) is 0.545. The van der Waals surface area contributed by atoms with Crippen LogP contribution in [0.25, 0.3) is 0 Å². The Hall–Kier alpha value is -1.00. The van der Waals surface area contributed by atoms with E-state index in [-0.39, 0.29) is 0 Å². The van der Waals surface area contributed by atoms with E-state index in [1.54, 1.807) is 0 Å². The first-order valence-corrected chi connectivity index (χ1v) is 8.80. The number of halogens is 2. The smallest absolute Gasteiger partial charge is 0.183 e. The van der Waals surface area contributed by atoms with Crippen molar-refractivity contribution in [2.75, 3.05) is 13.2 Å². The molecule has 1 saturated carbocycles. The van der Waals surface area contributed by atoms with Gasteiger partial charge in [0.2, 0.25) is 0 Å². The van der Waals surface area contributed by atoms with Gasteiger partial charge in [0.25, 0.3) is 0 Å². The Morgan fingerprint density at radius 2 is 1.57 bits per heavy atom. The topological polar surface area (TPSA) is 18.5 Å². The number of hydrogen-bond donors (Lipinski definition) is 0. The van der Waals surface area contributed by atoms with Crippen molar-refractivity contribution in [1.29, 1.82) is 0 Å². The third-order valence-electron chi connectivity index (χ3n) is 5.30. The molecule has 2 fully saturated rings. The summed E-state index contributed by atoms with van der Waals surface area (Å²) >= 11 is 0. The number of ether oxygens (including phenoxy) is 2. The molecule has 0 N–H and O–H groups in total. The predicted octanol–water partition coefficient (Wildman–Crippen LogP) is 5.23. The quantitative estimate of drug-likeness (QED) is 0.755. The van der Waals surface area contributed by atoms with Gasteiger partial charge in [-0.25, -0.2) is 8.78 Å². The highest BCUT2D eigenvalue weighted by atomic mass is 19.2. The summed E-state index contributed by atoms with van der Waals surface area (Å²) < 4.78 is 37.7. The first kappa shape index (κ1) is 16.8. The zero-order chi connectivity index (χ0) is 16.2. The van der Waals surface area contributed by atoms with Crippen LogP contribution in [0.2, 0.25) is 0 Å². The highest BCUT2D eigenvalue weighted by Crippen LogP contribution is 2.33. The maximum Gasteiger partial charge on any atom is 0.183 e. The highest BCUT2D eigenvalue weighted by molar-refractivity contribution is 5.19. The second-order valence-corrected chi connectivity index (χ2v) is 7.24. The molecule has 1 aromatic rings. The van der Waals surface area contributed by atoms with Crippen LogP contribution >= 0.6 is 0 Å². The summed E-state index contributed by atoms with van der Waals surface area (Å²) in [6.07, 6.45) is 7.24. The summed E-state index contributed by atoms with van der Waals surface area (Å²) in [5, 5.41) is 0. The van der Waals surface area contributed by atoms with E-state index in [1.165, 1.54) is 38.2 Å². The second kappa shape index (κ2) is 7.71. The molecule has 4 heteroatoms. The van der Waals surface area contributed by atoms with Gasteiger partial charge in [-0.2, -0.15) is 0 Å². The maximum absolute atomic E-state index is 13.3. The molecule has 0 amide bonds. The number of hydrogen-bond acceptors (Lipinski definition) is 2. The molecule has 0 radical (unpaired) electrons. The summed E-state index contributed by atoms with van der Waals surface area (Å²) in [6.45, 7) is 3.61. The van der Waals surface area contributed by atoms with Crippen LogP contribution < -0.4 is 0 Å². The van der Waals surface area contributed by atoms with Gasteiger partial charge in [0.1, 0.15) is 0 Å². The standard InChI is InChI=1S/C19H26F2O2/c1-13-2-4-14(5-3-13)6-7-15-11-22-19(23-12-15)16-8-9-17(20)18(21)10-16/h8-10,13-15,19H,2-7,11-12H2,1H3. The van der Waals surface area contributed by atoms with Crippen molar-refractivity contribution in [2.24, 2.45) is 17.8 Å². The Morgan fingerprint density at radius 1 is 0.913 bits per heavy atom. The van der Waals surface area contributed by atoms with Crippen molar-refractivity contribution in [3.63, 3.8) is 0 Å². The van der Waals surface area contributed by atoms with E-state index in [9.17, 15) is 8.78 Å². The molecule has 0 aromatic heterocycles. The Kier molecular flexibility index (Phi) is 5.65. The fourth-order valence-corrected chi connectivity index (χ4v) is 3.65. The fourth-order valence-electron chi connectivity index (χ4n) is 3.65. The molecule has 128 valence electrons. The van der Waals surface area contributed by atoms with Crippen molar-refractivity contribution in [1.82, 2.24) is 0 Å². The molecule has 1 aromatic carbocycles. The van der Waals surface area contributed by atoms with Crippen LogP contribution in [0.3, 0.4) is 0 Å². The van der Waals surface area contributed by atoms with Gasteiger partial charge in [-0.05, 0) is 30.4 Å². The molecule has 0 bridgehead atoms. The first-order chi connectivity index (χ1) is 11.1. The zero-order valence-corrected chi connectivity index (χ0v) is 13.8. The molecule has 1 aliphatic heterocycles. The molecule has 0 spiro atoms. The summed E-state index contributed by atoms with van der Waals surface area (Å²) in [4.78, 5) is 0. The summed E-state index contributed by atoms with van der Waals surface area (Å²) in [6, 6.07) is 3.80. The minimum absolute atomic E-state index is 0.413. The average Bonchev–Trinajstić information content (AvgIpc) is 2.57. The lowest BCUT2D eigenvalue weighted by Crippen LogP contribution is -2.28. The second-order valence-electron chi connectivity index (χ2n) is 7.24. The van der Waals surface area contributed by atoms with Gasteiger partial charge in [-0.1, -0.05) is 45.1 Å². The van der Waals surface area contributed by atoms with Crippen LogP contribution in [-0.2, 0) is 9.47 Å². The van der Waals surface area contributed by atoms with E-state index >= 15 is 0 Å². The summed E-state index contributed by atoms with van der Waals surface area (Å²) in [7, 11) is 0. The van der Waals surface area contributed by atoms with Crippen LogP contribution in [0, 0.1) is 29.4 Å².